The first-order valence-corrected chi connectivity index (χ1v) is 5.83. The normalized spacial score (nSPS) is 23.9. The maximum absolute atomic E-state index is 10.8. The smallest absolute Gasteiger partial charge is 0.346 e. The van der Waals surface area contributed by atoms with Gasteiger partial charge in [-0.1, -0.05) is 0 Å². The molecule has 1 aromatic rings. The number of hydrogen-bond acceptors (Lipinski definition) is 4. The summed E-state index contributed by atoms with van der Waals surface area (Å²) in [6.07, 6.45) is 2.70. The van der Waals surface area contributed by atoms with E-state index >= 15 is 0 Å². The fourth-order valence-electron chi connectivity index (χ4n) is 1.82. The van der Waals surface area contributed by atoms with E-state index < -0.39 is 5.97 Å². The van der Waals surface area contributed by atoms with Gasteiger partial charge in [0, 0.05) is 6.07 Å². The Kier molecular flexibility index (Phi) is 1.88. The van der Waals surface area contributed by atoms with E-state index in [4.69, 9.17) is 9.84 Å². The molecule has 0 aromatic carbocycles. The molecule has 0 amide bonds. The van der Waals surface area contributed by atoms with Gasteiger partial charge in [0.25, 0.3) is 0 Å². The molecule has 2 heterocycles. The summed E-state index contributed by atoms with van der Waals surface area (Å²) in [6.45, 7) is 0.803. The molecule has 1 aliphatic carbocycles. The molecular weight excluding hydrogens is 214 g/mol. The summed E-state index contributed by atoms with van der Waals surface area (Å²) < 4.78 is 5.77. The zero-order valence-corrected chi connectivity index (χ0v) is 8.84. The largest absolute Gasteiger partial charge is 0.485 e. The molecule has 2 N–H and O–H groups in total. The van der Waals surface area contributed by atoms with Crippen molar-refractivity contribution in [2.75, 3.05) is 11.9 Å². The van der Waals surface area contributed by atoms with Crippen LogP contribution in [0.2, 0.25) is 0 Å². The summed E-state index contributed by atoms with van der Waals surface area (Å²) in [5.41, 5.74) is 0. The minimum Gasteiger partial charge on any atom is -0.485 e. The predicted molar refractivity (Wildman–Crippen MR) is 56.9 cm³/mol. The lowest BCUT2D eigenvalue weighted by Crippen LogP contribution is -2.31. The second kappa shape index (κ2) is 3.13. The molecule has 80 valence electrons. The second-order valence-electron chi connectivity index (χ2n) is 3.98. The fourth-order valence-corrected chi connectivity index (χ4v) is 2.66. The molecule has 15 heavy (non-hydrogen) atoms. The maximum Gasteiger partial charge on any atom is 0.346 e. The summed E-state index contributed by atoms with van der Waals surface area (Å²) in [7, 11) is 0. The second-order valence-corrected chi connectivity index (χ2v) is 5.04. The molecule has 0 radical (unpaired) electrons. The van der Waals surface area contributed by atoms with Gasteiger partial charge in [0.15, 0.2) is 5.75 Å². The van der Waals surface area contributed by atoms with Gasteiger partial charge in [-0.2, -0.15) is 0 Å². The van der Waals surface area contributed by atoms with Crippen molar-refractivity contribution < 1.29 is 14.6 Å². The van der Waals surface area contributed by atoms with Crippen molar-refractivity contribution in [3.05, 3.63) is 10.9 Å². The lowest BCUT2D eigenvalue weighted by molar-refractivity contribution is 0.0701. The molecule has 1 aliphatic heterocycles. The van der Waals surface area contributed by atoms with Crippen LogP contribution in [0, 0.1) is 5.92 Å². The Bertz CT molecular complexity index is 411. The first-order valence-electron chi connectivity index (χ1n) is 5.01. The number of thiophene rings is 1. The molecule has 1 fully saturated rings. The van der Waals surface area contributed by atoms with Crippen molar-refractivity contribution in [3.8, 4) is 5.75 Å². The highest BCUT2D eigenvalue weighted by Crippen LogP contribution is 2.43. The molecule has 0 bridgehead atoms. The van der Waals surface area contributed by atoms with Crippen LogP contribution >= 0.6 is 11.3 Å². The van der Waals surface area contributed by atoms with E-state index in [2.05, 4.69) is 5.32 Å². The van der Waals surface area contributed by atoms with Gasteiger partial charge in [-0.25, -0.2) is 4.79 Å². The van der Waals surface area contributed by atoms with Crippen molar-refractivity contribution in [3.63, 3.8) is 0 Å². The van der Waals surface area contributed by atoms with Gasteiger partial charge in [0.05, 0.1) is 6.54 Å². The van der Waals surface area contributed by atoms with Crippen LogP contribution in [-0.2, 0) is 0 Å². The number of nitrogens with one attached hydrogen (secondary N) is 1. The molecular formula is C10H11NO3S. The Morgan fingerprint density at radius 3 is 3.07 bits per heavy atom. The van der Waals surface area contributed by atoms with E-state index in [1.807, 2.05) is 0 Å². The third-order valence-electron chi connectivity index (χ3n) is 2.80. The monoisotopic (exact) mass is 225 g/mol. The number of anilines is 1. The molecule has 1 saturated carbocycles. The van der Waals surface area contributed by atoms with Gasteiger partial charge in [-0.15, -0.1) is 11.3 Å². The molecule has 0 spiro atoms. The average molecular weight is 225 g/mol. The highest BCUT2D eigenvalue weighted by molar-refractivity contribution is 7.18. The van der Waals surface area contributed by atoms with E-state index in [0.29, 0.717) is 16.5 Å². The molecule has 3 rings (SSSR count). The van der Waals surface area contributed by atoms with Gasteiger partial charge >= 0.3 is 5.97 Å². The SMILES string of the molecule is O=C(O)c1cc2c(s1)NCC(C1CC1)O2. The van der Waals surface area contributed by atoms with Gasteiger partial charge < -0.3 is 15.2 Å². The number of carboxylic acids is 1. The summed E-state index contributed by atoms with van der Waals surface area (Å²) in [5, 5.41) is 12.9. The van der Waals surface area contributed by atoms with Gasteiger partial charge in [0.2, 0.25) is 0 Å². The van der Waals surface area contributed by atoms with Crippen LogP contribution < -0.4 is 10.1 Å². The lowest BCUT2D eigenvalue weighted by atomic mass is 10.2. The summed E-state index contributed by atoms with van der Waals surface area (Å²) in [5.74, 6) is 0.488. The third kappa shape index (κ3) is 1.56. The van der Waals surface area contributed by atoms with E-state index in [0.717, 1.165) is 11.5 Å². The maximum atomic E-state index is 10.8. The third-order valence-corrected chi connectivity index (χ3v) is 3.86. The van der Waals surface area contributed by atoms with E-state index in [1.54, 1.807) is 6.07 Å². The number of hydrogen-bond donors (Lipinski definition) is 2. The topological polar surface area (TPSA) is 58.6 Å². The van der Waals surface area contributed by atoms with Gasteiger partial charge in [0.1, 0.15) is 16.0 Å². The van der Waals surface area contributed by atoms with Crippen LogP contribution in [0.25, 0.3) is 0 Å². The van der Waals surface area contributed by atoms with Crippen LogP contribution in [-0.4, -0.2) is 23.7 Å². The first kappa shape index (κ1) is 9.03. The Hall–Kier alpha value is -1.23. The molecule has 1 aromatic heterocycles. The van der Waals surface area contributed by atoms with Crippen LogP contribution in [0.15, 0.2) is 6.07 Å². The van der Waals surface area contributed by atoms with Crippen molar-refractivity contribution in [1.29, 1.82) is 0 Å². The fraction of sp³-hybridized carbons (Fsp3) is 0.500. The summed E-state index contributed by atoms with van der Waals surface area (Å²) in [6, 6.07) is 1.61. The number of aromatic carboxylic acids is 1. The quantitative estimate of drug-likeness (QED) is 0.808. The average Bonchev–Trinajstić information content (AvgIpc) is 2.96. The Labute approximate surface area is 90.9 Å². The summed E-state index contributed by atoms with van der Waals surface area (Å²) in [4.78, 5) is 11.1. The number of rotatable bonds is 2. The standard InChI is InChI=1S/C10H11NO3S/c12-10(13)8-3-6-9(15-8)11-4-7(14-6)5-1-2-5/h3,5,7,11H,1-2,4H2,(H,12,13). The Balaban J connectivity index is 1.85. The molecule has 4 nitrogen and oxygen atoms in total. The van der Waals surface area contributed by atoms with Crippen LogP contribution in [0.5, 0.6) is 5.75 Å². The van der Waals surface area contributed by atoms with Crippen LogP contribution in [0.1, 0.15) is 22.5 Å². The van der Waals surface area contributed by atoms with Gasteiger partial charge in [-0.3, -0.25) is 0 Å². The highest BCUT2D eigenvalue weighted by atomic mass is 32.1. The number of carbonyl (C=O) groups is 1. The minimum absolute atomic E-state index is 0.230. The van der Waals surface area contributed by atoms with E-state index in [1.165, 1.54) is 24.2 Å². The first-order chi connectivity index (χ1) is 7.24. The highest BCUT2D eigenvalue weighted by Gasteiger charge is 2.36. The van der Waals surface area contributed by atoms with Crippen molar-refractivity contribution in [1.82, 2.24) is 0 Å². The Morgan fingerprint density at radius 2 is 2.40 bits per heavy atom. The predicted octanol–water partition coefficient (Wildman–Crippen LogP) is 2.03. The van der Waals surface area contributed by atoms with E-state index in [9.17, 15) is 4.79 Å². The van der Waals surface area contributed by atoms with Crippen molar-refractivity contribution in [2.24, 2.45) is 5.92 Å². The van der Waals surface area contributed by atoms with Gasteiger partial charge in [-0.05, 0) is 18.8 Å². The van der Waals surface area contributed by atoms with Crippen molar-refractivity contribution in [2.45, 2.75) is 18.9 Å². The zero-order chi connectivity index (χ0) is 10.4. The summed E-state index contributed by atoms with van der Waals surface area (Å²) >= 11 is 1.24. The molecule has 5 heteroatoms. The minimum atomic E-state index is -0.886. The number of carboxylic acid groups (broad SMARTS) is 1. The molecule has 1 atom stereocenters. The molecule has 2 aliphatic rings. The molecule has 1 unspecified atom stereocenters. The van der Waals surface area contributed by atoms with Crippen molar-refractivity contribution >= 4 is 22.3 Å². The molecule has 0 saturated heterocycles. The lowest BCUT2D eigenvalue weighted by Gasteiger charge is -2.24. The van der Waals surface area contributed by atoms with Crippen LogP contribution in [0.4, 0.5) is 5.00 Å². The number of fused-ring (bicyclic) bond motifs is 1. The number of ether oxygens (including phenoxy) is 1. The Morgan fingerprint density at radius 1 is 1.60 bits per heavy atom. The van der Waals surface area contributed by atoms with Crippen LogP contribution in [0.3, 0.4) is 0 Å². The van der Waals surface area contributed by atoms with E-state index in [-0.39, 0.29) is 6.10 Å². The zero-order valence-electron chi connectivity index (χ0n) is 8.03.